The molecule has 0 amide bonds. The van der Waals surface area contributed by atoms with Gasteiger partial charge < -0.3 is 5.32 Å². The third-order valence-corrected chi connectivity index (χ3v) is 2.41. The molecule has 1 N–H and O–H groups in total. The second-order valence-corrected chi connectivity index (χ2v) is 3.93. The second kappa shape index (κ2) is 4.94. The highest BCUT2D eigenvalue weighted by Gasteiger charge is 1.98. The van der Waals surface area contributed by atoms with E-state index in [0.29, 0.717) is 0 Å². The molecule has 2 rings (SSSR count). The summed E-state index contributed by atoms with van der Waals surface area (Å²) in [5.41, 5.74) is 2.34. The van der Waals surface area contributed by atoms with Crippen LogP contribution in [0.25, 0.3) is 0 Å². The Morgan fingerprint density at radius 1 is 1.31 bits per heavy atom. The highest BCUT2D eigenvalue weighted by molar-refractivity contribution is 5.03. The van der Waals surface area contributed by atoms with E-state index in [1.54, 1.807) is 0 Å². The van der Waals surface area contributed by atoms with Gasteiger partial charge in [-0.15, -0.1) is 0 Å². The first-order valence-corrected chi connectivity index (χ1v) is 5.41. The number of aromatic nitrogens is 4. The van der Waals surface area contributed by atoms with Crippen molar-refractivity contribution in [3.8, 4) is 0 Å². The predicted molar refractivity (Wildman–Crippen MR) is 61.8 cm³/mol. The van der Waals surface area contributed by atoms with Crippen LogP contribution in [0.15, 0.2) is 24.7 Å². The zero-order valence-electron chi connectivity index (χ0n) is 9.72. The monoisotopic (exact) mass is 219 g/mol. The van der Waals surface area contributed by atoms with Gasteiger partial charge in [0.05, 0.1) is 11.9 Å². The molecule has 0 radical (unpaired) electrons. The van der Waals surface area contributed by atoms with Crippen molar-refractivity contribution < 1.29 is 0 Å². The molecule has 0 atom stereocenters. The van der Waals surface area contributed by atoms with Gasteiger partial charge >= 0.3 is 0 Å². The van der Waals surface area contributed by atoms with Crippen LogP contribution in [0.4, 0.5) is 0 Å². The van der Waals surface area contributed by atoms with E-state index in [2.05, 4.69) is 15.5 Å². The Balaban J connectivity index is 1.69. The van der Waals surface area contributed by atoms with E-state index in [4.69, 9.17) is 0 Å². The van der Waals surface area contributed by atoms with Crippen LogP contribution in [-0.4, -0.2) is 26.1 Å². The van der Waals surface area contributed by atoms with Gasteiger partial charge in [-0.2, -0.15) is 10.2 Å². The van der Waals surface area contributed by atoms with Crippen LogP contribution in [-0.2, 0) is 27.1 Å². The third kappa shape index (κ3) is 2.93. The fourth-order valence-corrected chi connectivity index (χ4v) is 1.61. The van der Waals surface area contributed by atoms with E-state index in [0.717, 1.165) is 25.2 Å². The molecule has 0 aromatic carbocycles. The average molecular weight is 219 g/mol. The quantitative estimate of drug-likeness (QED) is 0.744. The normalized spacial score (nSPS) is 10.9. The van der Waals surface area contributed by atoms with E-state index in [1.165, 1.54) is 5.56 Å². The molecule has 16 heavy (non-hydrogen) atoms. The molecule has 5 nitrogen and oxygen atoms in total. The van der Waals surface area contributed by atoms with Gasteiger partial charge in [0.2, 0.25) is 0 Å². The van der Waals surface area contributed by atoms with Crippen molar-refractivity contribution in [3.05, 3.63) is 35.9 Å². The topological polar surface area (TPSA) is 47.7 Å². The molecule has 86 valence electrons. The molecule has 0 bridgehead atoms. The Kier molecular flexibility index (Phi) is 3.36. The van der Waals surface area contributed by atoms with Gasteiger partial charge in [0, 0.05) is 51.6 Å². The van der Waals surface area contributed by atoms with Gasteiger partial charge in [0.15, 0.2) is 0 Å². The van der Waals surface area contributed by atoms with Crippen molar-refractivity contribution in [1.29, 1.82) is 0 Å². The lowest BCUT2D eigenvalue weighted by Gasteiger charge is -2.00. The summed E-state index contributed by atoms with van der Waals surface area (Å²) in [6.07, 6.45) is 6.83. The van der Waals surface area contributed by atoms with Crippen LogP contribution in [0.1, 0.15) is 11.3 Å². The van der Waals surface area contributed by atoms with Crippen molar-refractivity contribution in [2.45, 2.75) is 13.0 Å². The lowest BCUT2D eigenvalue weighted by molar-refractivity contribution is 0.665. The maximum absolute atomic E-state index is 4.32. The molecule has 2 heterocycles. The van der Waals surface area contributed by atoms with Crippen molar-refractivity contribution in [3.63, 3.8) is 0 Å². The second-order valence-electron chi connectivity index (χ2n) is 3.93. The van der Waals surface area contributed by atoms with Gasteiger partial charge in [0.1, 0.15) is 0 Å². The molecule has 0 aliphatic carbocycles. The molecule has 5 heteroatoms. The number of rotatable bonds is 5. The van der Waals surface area contributed by atoms with Crippen LogP contribution in [0.5, 0.6) is 0 Å². The maximum Gasteiger partial charge on any atom is 0.0637 e. The number of nitrogens with zero attached hydrogens (tertiary/aromatic N) is 4. The Hall–Kier alpha value is -1.62. The first-order chi connectivity index (χ1) is 7.74. The number of nitrogens with one attached hydrogen (secondary N) is 1. The average Bonchev–Trinajstić information content (AvgIpc) is 2.83. The summed E-state index contributed by atoms with van der Waals surface area (Å²) in [6.45, 7) is 1.80. The molecule has 0 fully saturated rings. The van der Waals surface area contributed by atoms with Gasteiger partial charge in [-0.25, -0.2) is 0 Å². The Morgan fingerprint density at radius 2 is 2.19 bits per heavy atom. The largest absolute Gasteiger partial charge is 0.312 e. The molecule has 0 unspecified atom stereocenters. The van der Waals surface area contributed by atoms with E-state index in [9.17, 15) is 0 Å². The molecule has 0 aliphatic rings. The molecule has 0 aliphatic heterocycles. The summed E-state index contributed by atoms with van der Waals surface area (Å²) in [7, 11) is 3.87. The molecular formula is C11H17N5. The van der Waals surface area contributed by atoms with E-state index in [-0.39, 0.29) is 0 Å². The Morgan fingerprint density at radius 3 is 2.81 bits per heavy atom. The summed E-state index contributed by atoms with van der Waals surface area (Å²) in [5, 5.41) is 11.8. The number of aryl methyl sites for hydroxylation is 2. The zero-order chi connectivity index (χ0) is 11.4. The fourth-order valence-electron chi connectivity index (χ4n) is 1.61. The highest BCUT2D eigenvalue weighted by atomic mass is 15.2. The first-order valence-electron chi connectivity index (χ1n) is 5.41. The van der Waals surface area contributed by atoms with Gasteiger partial charge in [-0.1, -0.05) is 0 Å². The summed E-state index contributed by atoms with van der Waals surface area (Å²) >= 11 is 0. The van der Waals surface area contributed by atoms with E-state index in [1.807, 2.05) is 48.1 Å². The molecule has 0 spiro atoms. The van der Waals surface area contributed by atoms with Crippen LogP contribution in [0.3, 0.4) is 0 Å². The van der Waals surface area contributed by atoms with Crippen LogP contribution < -0.4 is 5.32 Å². The van der Waals surface area contributed by atoms with Gasteiger partial charge in [-0.05, 0) is 6.07 Å². The third-order valence-electron chi connectivity index (χ3n) is 2.41. The SMILES string of the molecule is Cn1cc(CNCCc2ccn(C)n2)cn1. The highest BCUT2D eigenvalue weighted by Crippen LogP contribution is 1.97. The van der Waals surface area contributed by atoms with Gasteiger partial charge in [-0.3, -0.25) is 9.36 Å². The van der Waals surface area contributed by atoms with E-state index >= 15 is 0 Å². The molecule has 2 aromatic rings. The summed E-state index contributed by atoms with van der Waals surface area (Å²) in [6, 6.07) is 2.05. The Labute approximate surface area is 95.1 Å². The summed E-state index contributed by atoms with van der Waals surface area (Å²) < 4.78 is 3.65. The fraction of sp³-hybridized carbons (Fsp3) is 0.455. The standard InChI is InChI=1S/C11H17N5/c1-15-6-4-11(14-15)3-5-12-7-10-8-13-16(2)9-10/h4,6,8-9,12H,3,5,7H2,1-2H3. The maximum atomic E-state index is 4.32. The summed E-state index contributed by atoms with van der Waals surface area (Å²) in [4.78, 5) is 0. The van der Waals surface area contributed by atoms with Crippen molar-refractivity contribution in [1.82, 2.24) is 24.9 Å². The number of hydrogen-bond donors (Lipinski definition) is 1. The minimum atomic E-state index is 0.862. The lowest BCUT2D eigenvalue weighted by atomic mass is 10.3. The molecule has 0 saturated carbocycles. The molecule has 2 aromatic heterocycles. The van der Waals surface area contributed by atoms with Crippen molar-refractivity contribution in [2.75, 3.05) is 6.54 Å². The molecule has 0 saturated heterocycles. The minimum absolute atomic E-state index is 0.862. The minimum Gasteiger partial charge on any atom is -0.312 e. The van der Waals surface area contributed by atoms with Crippen LogP contribution in [0, 0.1) is 0 Å². The van der Waals surface area contributed by atoms with E-state index < -0.39 is 0 Å². The van der Waals surface area contributed by atoms with Crippen LogP contribution in [0.2, 0.25) is 0 Å². The smallest absolute Gasteiger partial charge is 0.0637 e. The van der Waals surface area contributed by atoms with Gasteiger partial charge in [0.25, 0.3) is 0 Å². The predicted octanol–water partition coefficient (Wildman–Crippen LogP) is 0.486. The molecular weight excluding hydrogens is 202 g/mol. The number of hydrogen-bond acceptors (Lipinski definition) is 3. The van der Waals surface area contributed by atoms with Crippen LogP contribution >= 0.6 is 0 Å². The van der Waals surface area contributed by atoms with Crippen molar-refractivity contribution in [2.24, 2.45) is 14.1 Å². The summed E-state index contributed by atoms with van der Waals surface area (Å²) in [5.74, 6) is 0. The zero-order valence-corrected chi connectivity index (χ0v) is 9.72. The first kappa shape index (κ1) is 10.9. The lowest BCUT2D eigenvalue weighted by Crippen LogP contribution is -2.16. The Bertz CT molecular complexity index is 400. The van der Waals surface area contributed by atoms with Crippen molar-refractivity contribution >= 4 is 0 Å².